The van der Waals surface area contributed by atoms with Gasteiger partial charge in [0.2, 0.25) is 11.8 Å². The van der Waals surface area contributed by atoms with E-state index >= 15 is 0 Å². The predicted octanol–water partition coefficient (Wildman–Crippen LogP) is 0.589. The standard InChI is InChI=1S/C29H34F3N5O4/c30-29(31,32)25-11-6-13-36(25)18-24(38)22(15-19-7-2-1-3-8-19)34-27(40)23(16-26(33)39)35-28(41)37-14-12-20-9-4-5-10-21(20)17-37/h1-5,7-10,12,17,22-25,38H,6,11,13-16,18H2,(H2,33,39)(H,34,40)(H,35,41)/t22-,23-,24+,25-/m0/s1. The van der Waals surface area contributed by atoms with Crippen LogP contribution in [-0.2, 0) is 16.0 Å². The highest BCUT2D eigenvalue weighted by atomic mass is 19.4. The van der Waals surface area contributed by atoms with Crippen LogP contribution in [0, 0.1) is 0 Å². The number of nitrogens with zero attached hydrogens (tertiary/aromatic N) is 2. The fourth-order valence-electron chi connectivity index (χ4n) is 5.23. The Labute approximate surface area is 235 Å². The van der Waals surface area contributed by atoms with E-state index in [0.717, 1.165) is 16.0 Å². The first-order chi connectivity index (χ1) is 19.5. The number of β-amino-alcohol motifs (C(OH)–C–C–N with tert-alkyl or cyclic N) is 1. The number of alkyl halides is 3. The minimum Gasteiger partial charge on any atom is -0.390 e. The zero-order chi connectivity index (χ0) is 29.6. The number of carbonyl (C=O) groups is 3. The van der Waals surface area contributed by atoms with Gasteiger partial charge in [0.25, 0.3) is 0 Å². The van der Waals surface area contributed by atoms with Crippen LogP contribution in [0.1, 0.15) is 24.8 Å². The second kappa shape index (κ2) is 13.2. The highest BCUT2D eigenvalue weighted by Crippen LogP contribution is 2.32. The van der Waals surface area contributed by atoms with Gasteiger partial charge < -0.3 is 21.5 Å². The normalized spacial score (nSPS) is 19.2. The average molecular weight is 574 g/mol. The summed E-state index contributed by atoms with van der Waals surface area (Å²) in [6, 6.07) is 11.6. The summed E-state index contributed by atoms with van der Waals surface area (Å²) in [6.45, 7) is 0.0895. The Bertz CT molecular complexity index is 1350. The molecule has 2 aliphatic heterocycles. The summed E-state index contributed by atoms with van der Waals surface area (Å²) in [5, 5.41) is 18.0. The first kappa shape index (κ1) is 30.1. The summed E-state index contributed by atoms with van der Waals surface area (Å²) in [5.74, 6) is -1.62. The van der Waals surface area contributed by atoms with Gasteiger partial charge in [-0.3, -0.25) is 19.4 Å². The molecular formula is C29H34F3N5O4. The van der Waals surface area contributed by atoms with Crippen molar-refractivity contribution in [3.05, 3.63) is 70.6 Å². The third-order valence-corrected chi connectivity index (χ3v) is 7.33. The van der Waals surface area contributed by atoms with E-state index in [1.54, 1.807) is 36.5 Å². The first-order valence-corrected chi connectivity index (χ1v) is 13.5. The maximum absolute atomic E-state index is 13.5. The Kier molecular flexibility index (Phi) is 9.66. The molecule has 0 saturated carbocycles. The van der Waals surface area contributed by atoms with E-state index in [2.05, 4.69) is 10.6 Å². The molecule has 0 bridgehead atoms. The number of aliphatic hydroxyl groups is 1. The lowest BCUT2D eigenvalue weighted by molar-refractivity contribution is -0.178. The molecule has 0 spiro atoms. The summed E-state index contributed by atoms with van der Waals surface area (Å²) < 4.78 is 40.6. The average Bonchev–Trinajstić information content (AvgIpc) is 3.41. The fraction of sp³-hybridized carbons (Fsp3) is 0.414. The molecule has 0 aliphatic carbocycles. The number of hydrogen-bond donors (Lipinski definition) is 4. The summed E-state index contributed by atoms with van der Waals surface area (Å²) in [7, 11) is 0. The van der Waals surface area contributed by atoms with Crippen molar-refractivity contribution in [2.24, 2.45) is 5.73 Å². The van der Waals surface area contributed by atoms with Gasteiger partial charge in [-0.05, 0) is 41.8 Å². The molecule has 41 heavy (non-hydrogen) atoms. The number of fused-ring (bicyclic) bond motifs is 1. The quantitative estimate of drug-likeness (QED) is 0.331. The molecule has 0 unspecified atom stereocenters. The van der Waals surface area contributed by atoms with Crippen molar-refractivity contribution < 1.29 is 32.7 Å². The van der Waals surface area contributed by atoms with E-state index in [9.17, 15) is 32.7 Å². The molecular weight excluding hydrogens is 539 g/mol. The van der Waals surface area contributed by atoms with E-state index in [4.69, 9.17) is 5.73 Å². The van der Waals surface area contributed by atoms with Gasteiger partial charge in [0.1, 0.15) is 12.1 Å². The van der Waals surface area contributed by atoms with Crippen molar-refractivity contribution in [3.8, 4) is 0 Å². The Morgan fingerprint density at radius 1 is 1.02 bits per heavy atom. The molecule has 220 valence electrons. The largest absolute Gasteiger partial charge is 0.404 e. The van der Waals surface area contributed by atoms with Crippen LogP contribution in [0.3, 0.4) is 0 Å². The summed E-state index contributed by atoms with van der Waals surface area (Å²) in [4.78, 5) is 40.8. The minimum atomic E-state index is -4.44. The van der Waals surface area contributed by atoms with Crippen LogP contribution >= 0.6 is 0 Å². The number of nitrogens with one attached hydrogen (secondary N) is 2. The van der Waals surface area contributed by atoms with E-state index in [0.29, 0.717) is 6.42 Å². The molecule has 5 N–H and O–H groups in total. The Morgan fingerprint density at radius 2 is 1.71 bits per heavy atom. The van der Waals surface area contributed by atoms with Crippen molar-refractivity contribution in [2.75, 3.05) is 19.6 Å². The fourth-order valence-corrected chi connectivity index (χ4v) is 5.23. The van der Waals surface area contributed by atoms with Gasteiger partial charge in [0, 0.05) is 19.3 Å². The van der Waals surface area contributed by atoms with Crippen LogP contribution in [-0.4, -0.2) is 82.8 Å². The molecule has 0 aromatic heterocycles. The SMILES string of the molecule is NC(=O)C[C@H](NC(=O)N1C=c2ccccc2=CC1)C(=O)N[C@@H](Cc1ccccc1)[C@H](O)CN1CCC[C@H]1C(F)(F)F. The number of rotatable bonds is 10. The Morgan fingerprint density at radius 3 is 2.39 bits per heavy atom. The number of halogens is 3. The summed E-state index contributed by atoms with van der Waals surface area (Å²) in [6.07, 6.45) is -2.45. The van der Waals surface area contributed by atoms with E-state index < -0.39 is 54.7 Å². The van der Waals surface area contributed by atoms with E-state index in [-0.39, 0.29) is 32.5 Å². The van der Waals surface area contributed by atoms with Gasteiger partial charge in [-0.1, -0.05) is 60.7 Å². The third kappa shape index (κ3) is 8.08. The molecule has 4 atom stereocenters. The number of benzene rings is 2. The van der Waals surface area contributed by atoms with Gasteiger partial charge in [0.05, 0.1) is 18.6 Å². The minimum absolute atomic E-state index is 0.0614. The molecule has 2 aromatic rings. The number of aliphatic hydroxyl groups excluding tert-OH is 1. The van der Waals surface area contributed by atoms with Crippen LogP contribution < -0.4 is 26.8 Å². The van der Waals surface area contributed by atoms with Crippen molar-refractivity contribution in [3.63, 3.8) is 0 Å². The molecule has 4 amide bonds. The smallest absolute Gasteiger partial charge is 0.390 e. The molecule has 12 heteroatoms. The molecule has 9 nitrogen and oxygen atoms in total. The molecule has 2 aromatic carbocycles. The van der Waals surface area contributed by atoms with Gasteiger partial charge in [0.15, 0.2) is 0 Å². The van der Waals surface area contributed by atoms with Crippen molar-refractivity contribution in [1.29, 1.82) is 0 Å². The van der Waals surface area contributed by atoms with E-state index in [1.807, 2.05) is 30.3 Å². The third-order valence-electron chi connectivity index (χ3n) is 7.33. The number of amides is 4. The maximum Gasteiger partial charge on any atom is 0.404 e. The Balaban J connectivity index is 1.50. The predicted molar refractivity (Wildman–Crippen MR) is 146 cm³/mol. The van der Waals surface area contributed by atoms with Gasteiger partial charge in [-0.15, -0.1) is 0 Å². The topological polar surface area (TPSA) is 128 Å². The lowest BCUT2D eigenvalue weighted by Gasteiger charge is -2.32. The van der Waals surface area contributed by atoms with Crippen molar-refractivity contribution in [1.82, 2.24) is 20.4 Å². The van der Waals surface area contributed by atoms with Crippen molar-refractivity contribution in [2.45, 2.75) is 56.1 Å². The van der Waals surface area contributed by atoms with Crippen LogP contribution in [0.15, 0.2) is 54.6 Å². The first-order valence-electron chi connectivity index (χ1n) is 13.5. The lowest BCUT2D eigenvalue weighted by Crippen LogP contribution is -2.57. The molecule has 2 aliphatic rings. The second-order valence-corrected chi connectivity index (χ2v) is 10.4. The van der Waals surface area contributed by atoms with E-state index in [1.165, 1.54) is 9.80 Å². The number of carbonyl (C=O) groups excluding carboxylic acids is 3. The van der Waals surface area contributed by atoms with Gasteiger partial charge in [-0.2, -0.15) is 13.2 Å². The van der Waals surface area contributed by atoms with Crippen molar-refractivity contribution >= 4 is 30.1 Å². The van der Waals surface area contributed by atoms with Gasteiger partial charge in [-0.25, -0.2) is 4.79 Å². The molecule has 4 rings (SSSR count). The van der Waals surface area contributed by atoms with Crippen LogP contribution in [0.5, 0.6) is 0 Å². The molecule has 2 heterocycles. The zero-order valence-corrected chi connectivity index (χ0v) is 22.4. The highest BCUT2D eigenvalue weighted by molar-refractivity contribution is 5.92. The molecule has 0 radical (unpaired) electrons. The Hall–Kier alpha value is -3.90. The number of hydrogen-bond acceptors (Lipinski definition) is 5. The maximum atomic E-state index is 13.5. The monoisotopic (exact) mass is 573 g/mol. The number of likely N-dealkylation sites (tertiary alicyclic amines) is 1. The zero-order valence-electron chi connectivity index (χ0n) is 22.4. The van der Waals surface area contributed by atoms with Gasteiger partial charge >= 0.3 is 12.2 Å². The second-order valence-electron chi connectivity index (χ2n) is 10.4. The highest BCUT2D eigenvalue weighted by Gasteiger charge is 2.46. The van der Waals surface area contributed by atoms with Crippen LogP contribution in [0.2, 0.25) is 0 Å². The van der Waals surface area contributed by atoms with Crippen LogP contribution in [0.25, 0.3) is 12.3 Å². The molecule has 1 fully saturated rings. The summed E-state index contributed by atoms with van der Waals surface area (Å²) in [5.41, 5.74) is 6.10. The molecule has 1 saturated heterocycles. The number of urea groups is 1. The number of primary amides is 1. The van der Waals surface area contributed by atoms with Crippen LogP contribution in [0.4, 0.5) is 18.0 Å². The summed E-state index contributed by atoms with van der Waals surface area (Å²) >= 11 is 0. The lowest BCUT2D eigenvalue weighted by atomic mass is 9.99. The number of nitrogens with two attached hydrogens (primary N) is 1.